The zero-order chi connectivity index (χ0) is 14.2. The van der Waals surface area contributed by atoms with Crippen molar-refractivity contribution in [3.63, 3.8) is 0 Å². The Balaban J connectivity index is 2.03. The zero-order valence-corrected chi connectivity index (χ0v) is 12.1. The second-order valence-electron chi connectivity index (χ2n) is 4.61. The number of hydrogen-bond acceptors (Lipinski definition) is 3. The van der Waals surface area contributed by atoms with E-state index in [9.17, 15) is 0 Å². The standard InChI is InChI=1S/C17H21NO2/c1-18-11-10-14-8-9-16(17(12-14)19-2)20-13-15-6-4-3-5-7-15/h3-9,12,18H,10-11,13H2,1-2H3. The maximum atomic E-state index is 5.83. The van der Waals surface area contributed by atoms with Gasteiger partial charge in [0.05, 0.1) is 7.11 Å². The normalized spacial score (nSPS) is 10.3. The predicted octanol–water partition coefficient (Wildman–Crippen LogP) is 3.04. The molecular weight excluding hydrogens is 250 g/mol. The summed E-state index contributed by atoms with van der Waals surface area (Å²) in [5.74, 6) is 1.57. The Morgan fingerprint density at radius 2 is 1.75 bits per heavy atom. The van der Waals surface area contributed by atoms with Gasteiger partial charge in [-0.15, -0.1) is 0 Å². The second-order valence-corrected chi connectivity index (χ2v) is 4.61. The van der Waals surface area contributed by atoms with Gasteiger partial charge in [0.25, 0.3) is 0 Å². The molecule has 0 bridgehead atoms. The highest BCUT2D eigenvalue weighted by Gasteiger charge is 2.06. The van der Waals surface area contributed by atoms with Gasteiger partial charge in [-0.1, -0.05) is 36.4 Å². The smallest absolute Gasteiger partial charge is 0.161 e. The summed E-state index contributed by atoms with van der Waals surface area (Å²) in [6.07, 6.45) is 0.978. The third kappa shape index (κ3) is 4.00. The first-order valence-electron chi connectivity index (χ1n) is 6.81. The van der Waals surface area contributed by atoms with Crippen LogP contribution in [-0.2, 0) is 13.0 Å². The van der Waals surface area contributed by atoms with Crippen molar-refractivity contribution in [3.8, 4) is 11.5 Å². The van der Waals surface area contributed by atoms with Gasteiger partial charge in [-0.05, 0) is 43.3 Å². The van der Waals surface area contributed by atoms with Crippen LogP contribution in [0, 0.1) is 0 Å². The van der Waals surface area contributed by atoms with E-state index in [4.69, 9.17) is 9.47 Å². The largest absolute Gasteiger partial charge is 0.493 e. The minimum atomic E-state index is 0.549. The average Bonchev–Trinajstić information content (AvgIpc) is 2.52. The Kier molecular flexibility index (Phi) is 5.44. The molecule has 0 unspecified atom stereocenters. The molecular formula is C17H21NO2. The molecule has 20 heavy (non-hydrogen) atoms. The Morgan fingerprint density at radius 3 is 2.45 bits per heavy atom. The van der Waals surface area contributed by atoms with Gasteiger partial charge in [-0.25, -0.2) is 0 Å². The minimum absolute atomic E-state index is 0.549. The summed E-state index contributed by atoms with van der Waals surface area (Å²) in [6, 6.07) is 16.2. The Bertz CT molecular complexity index is 526. The molecule has 0 aromatic heterocycles. The van der Waals surface area contributed by atoms with E-state index in [1.165, 1.54) is 5.56 Å². The van der Waals surface area contributed by atoms with E-state index in [-0.39, 0.29) is 0 Å². The van der Waals surface area contributed by atoms with Crippen molar-refractivity contribution in [2.45, 2.75) is 13.0 Å². The monoisotopic (exact) mass is 271 g/mol. The van der Waals surface area contributed by atoms with E-state index in [2.05, 4.69) is 11.4 Å². The molecule has 0 aliphatic rings. The predicted molar refractivity (Wildman–Crippen MR) is 81.4 cm³/mol. The number of methoxy groups -OCH3 is 1. The van der Waals surface area contributed by atoms with Gasteiger partial charge >= 0.3 is 0 Å². The van der Waals surface area contributed by atoms with Crippen molar-refractivity contribution in [1.82, 2.24) is 5.32 Å². The molecule has 0 saturated heterocycles. The molecule has 0 spiro atoms. The second kappa shape index (κ2) is 7.56. The van der Waals surface area contributed by atoms with Crippen molar-refractivity contribution >= 4 is 0 Å². The molecule has 106 valence electrons. The van der Waals surface area contributed by atoms with Crippen LogP contribution in [0.1, 0.15) is 11.1 Å². The van der Waals surface area contributed by atoms with E-state index >= 15 is 0 Å². The van der Waals surface area contributed by atoms with Gasteiger partial charge < -0.3 is 14.8 Å². The van der Waals surface area contributed by atoms with E-state index in [1.54, 1.807) is 7.11 Å². The lowest BCUT2D eigenvalue weighted by atomic mass is 10.1. The molecule has 0 radical (unpaired) electrons. The van der Waals surface area contributed by atoms with Crippen LogP contribution in [-0.4, -0.2) is 20.7 Å². The van der Waals surface area contributed by atoms with Crippen molar-refractivity contribution in [3.05, 3.63) is 59.7 Å². The molecule has 0 aliphatic carbocycles. The number of nitrogens with one attached hydrogen (secondary N) is 1. The first kappa shape index (κ1) is 14.4. The molecule has 3 heteroatoms. The van der Waals surface area contributed by atoms with Crippen molar-refractivity contribution < 1.29 is 9.47 Å². The van der Waals surface area contributed by atoms with Gasteiger partial charge in [-0.3, -0.25) is 0 Å². The van der Waals surface area contributed by atoms with Crippen LogP contribution in [0.5, 0.6) is 11.5 Å². The molecule has 0 fully saturated rings. The lowest BCUT2D eigenvalue weighted by Gasteiger charge is -2.12. The van der Waals surface area contributed by atoms with Crippen molar-refractivity contribution in [2.75, 3.05) is 20.7 Å². The zero-order valence-electron chi connectivity index (χ0n) is 12.1. The van der Waals surface area contributed by atoms with E-state index < -0.39 is 0 Å². The topological polar surface area (TPSA) is 30.5 Å². The third-order valence-corrected chi connectivity index (χ3v) is 3.13. The SMILES string of the molecule is CNCCc1ccc(OCc2ccccc2)c(OC)c1. The molecule has 2 rings (SSSR count). The van der Waals surface area contributed by atoms with Crippen LogP contribution >= 0.6 is 0 Å². The maximum absolute atomic E-state index is 5.83. The molecule has 0 atom stereocenters. The molecule has 3 nitrogen and oxygen atoms in total. The van der Waals surface area contributed by atoms with Crippen LogP contribution in [0.25, 0.3) is 0 Å². The lowest BCUT2D eigenvalue weighted by molar-refractivity contribution is 0.284. The molecule has 0 saturated carbocycles. The summed E-state index contributed by atoms with van der Waals surface area (Å²) in [4.78, 5) is 0. The molecule has 1 N–H and O–H groups in total. The summed E-state index contributed by atoms with van der Waals surface area (Å²) in [5, 5.41) is 3.14. The molecule has 0 amide bonds. The van der Waals surface area contributed by atoms with Crippen molar-refractivity contribution in [2.24, 2.45) is 0 Å². The van der Waals surface area contributed by atoms with Crippen LogP contribution in [0.3, 0.4) is 0 Å². The minimum Gasteiger partial charge on any atom is -0.493 e. The van der Waals surface area contributed by atoms with Gasteiger partial charge in [0.1, 0.15) is 6.61 Å². The van der Waals surface area contributed by atoms with Gasteiger partial charge in [0.2, 0.25) is 0 Å². The van der Waals surface area contributed by atoms with E-state index in [1.807, 2.05) is 49.5 Å². The van der Waals surface area contributed by atoms with Gasteiger partial charge in [0.15, 0.2) is 11.5 Å². The Morgan fingerprint density at radius 1 is 0.950 bits per heavy atom. The van der Waals surface area contributed by atoms with Crippen LogP contribution < -0.4 is 14.8 Å². The quantitative estimate of drug-likeness (QED) is 0.839. The fourth-order valence-electron chi connectivity index (χ4n) is 1.99. The summed E-state index contributed by atoms with van der Waals surface area (Å²) in [6.45, 7) is 1.50. The fraction of sp³-hybridized carbons (Fsp3) is 0.294. The highest BCUT2D eigenvalue weighted by Crippen LogP contribution is 2.28. The number of hydrogen-bond donors (Lipinski definition) is 1. The highest BCUT2D eigenvalue weighted by molar-refractivity contribution is 5.43. The number of rotatable bonds is 7. The summed E-state index contributed by atoms with van der Waals surface area (Å²) in [5.41, 5.74) is 2.39. The first-order valence-corrected chi connectivity index (χ1v) is 6.81. The van der Waals surface area contributed by atoms with Gasteiger partial charge in [0, 0.05) is 0 Å². The van der Waals surface area contributed by atoms with E-state index in [0.717, 1.165) is 30.0 Å². The maximum Gasteiger partial charge on any atom is 0.161 e. The van der Waals surface area contributed by atoms with Gasteiger partial charge in [-0.2, -0.15) is 0 Å². The van der Waals surface area contributed by atoms with Crippen LogP contribution in [0.2, 0.25) is 0 Å². The van der Waals surface area contributed by atoms with E-state index in [0.29, 0.717) is 6.61 Å². The molecule has 0 aliphatic heterocycles. The number of ether oxygens (including phenoxy) is 2. The molecule has 2 aromatic rings. The first-order chi connectivity index (χ1) is 9.83. The number of likely N-dealkylation sites (N-methyl/N-ethyl adjacent to an activating group) is 1. The Hall–Kier alpha value is -2.00. The molecule has 0 heterocycles. The van der Waals surface area contributed by atoms with Crippen LogP contribution in [0.4, 0.5) is 0 Å². The average molecular weight is 271 g/mol. The third-order valence-electron chi connectivity index (χ3n) is 3.13. The molecule has 2 aromatic carbocycles. The summed E-state index contributed by atoms with van der Waals surface area (Å²) < 4.78 is 11.2. The highest BCUT2D eigenvalue weighted by atomic mass is 16.5. The van der Waals surface area contributed by atoms with Crippen LogP contribution in [0.15, 0.2) is 48.5 Å². The summed E-state index contributed by atoms with van der Waals surface area (Å²) >= 11 is 0. The lowest BCUT2D eigenvalue weighted by Crippen LogP contribution is -2.10. The number of benzene rings is 2. The van der Waals surface area contributed by atoms with Crippen molar-refractivity contribution in [1.29, 1.82) is 0 Å². The summed E-state index contributed by atoms with van der Waals surface area (Å²) in [7, 11) is 3.63. The Labute approximate surface area is 120 Å². The fourth-order valence-corrected chi connectivity index (χ4v) is 1.99.